The molecule has 0 amide bonds. The number of nitrogens with one attached hydrogen (secondary N) is 3. The normalized spacial score (nSPS) is 13.7. The average molecular weight is 476 g/mol. The predicted octanol–water partition coefficient (Wildman–Crippen LogP) is 6.28. The van der Waals surface area contributed by atoms with Gasteiger partial charge in [-0.05, 0) is 56.3 Å². The van der Waals surface area contributed by atoms with E-state index in [1.54, 1.807) is 24.5 Å². The van der Waals surface area contributed by atoms with Crippen LogP contribution in [-0.2, 0) is 0 Å². The maximum Gasteiger partial charge on any atom is 0.263 e. The Balaban J connectivity index is 1.84. The standard InChI is InChI=1S/C28H31F2N5/c1-4-27(21-8-7-9-22(16-21)28(29)30)34-23-11-10-20(2)25(17-23)26(31)18-24(19-33-13-12-32-3)35-14-5-6-15-35/h7-13,16-18,28,31,33-34H,1,3,5-6,14-15,19H2,2H3/b13-12-,24-18+,31-26?. The molecule has 1 saturated heterocycles. The number of halogens is 2. The van der Waals surface area contributed by atoms with Crippen LogP contribution < -0.4 is 10.6 Å². The lowest BCUT2D eigenvalue weighted by Crippen LogP contribution is -2.26. The van der Waals surface area contributed by atoms with Gasteiger partial charge in [-0.25, -0.2) is 8.78 Å². The Bertz CT molecular complexity index is 1170. The SMILES string of the molecule is C=C=C(Nc1ccc(C)c(C(=N)/C=C(\CN/C=C\N=C)N2CCCC2)c1)c1cccc(C(F)F)c1. The third-order valence-corrected chi connectivity index (χ3v) is 5.81. The van der Waals surface area contributed by atoms with Crippen molar-refractivity contribution >= 4 is 23.8 Å². The van der Waals surface area contributed by atoms with Crippen LogP contribution in [0.15, 0.2) is 83.9 Å². The average Bonchev–Trinajstić information content (AvgIpc) is 3.40. The van der Waals surface area contributed by atoms with Crippen LogP contribution >= 0.6 is 0 Å². The number of hydrogen-bond donors (Lipinski definition) is 3. The number of likely N-dealkylation sites (tertiary alicyclic amines) is 1. The Labute approximate surface area is 205 Å². The van der Waals surface area contributed by atoms with Gasteiger partial charge in [0.25, 0.3) is 6.43 Å². The van der Waals surface area contributed by atoms with Gasteiger partial charge in [0.15, 0.2) is 0 Å². The second-order valence-electron chi connectivity index (χ2n) is 8.26. The van der Waals surface area contributed by atoms with Crippen LogP contribution in [0.4, 0.5) is 14.5 Å². The molecular formula is C28H31F2N5. The summed E-state index contributed by atoms with van der Waals surface area (Å²) in [6.07, 6.45) is 4.95. The predicted molar refractivity (Wildman–Crippen MR) is 141 cm³/mol. The van der Waals surface area contributed by atoms with E-state index in [9.17, 15) is 8.78 Å². The maximum atomic E-state index is 13.1. The number of hydrogen-bond acceptors (Lipinski definition) is 5. The van der Waals surface area contributed by atoms with Crippen LogP contribution in [0, 0.1) is 12.3 Å². The molecule has 0 aromatic heterocycles. The molecule has 182 valence electrons. The molecule has 0 spiro atoms. The summed E-state index contributed by atoms with van der Waals surface area (Å²) < 4.78 is 26.3. The Morgan fingerprint density at radius 2 is 2.00 bits per heavy atom. The highest BCUT2D eigenvalue weighted by atomic mass is 19.3. The van der Waals surface area contributed by atoms with Gasteiger partial charge in [0, 0.05) is 53.6 Å². The van der Waals surface area contributed by atoms with Gasteiger partial charge >= 0.3 is 0 Å². The molecule has 2 aromatic rings. The fraction of sp³-hybridized carbons (Fsp3) is 0.250. The molecule has 2 aromatic carbocycles. The molecule has 0 saturated carbocycles. The monoisotopic (exact) mass is 475 g/mol. The molecule has 1 fully saturated rings. The van der Waals surface area contributed by atoms with Gasteiger partial charge in [0.05, 0.1) is 18.0 Å². The van der Waals surface area contributed by atoms with Crippen molar-refractivity contribution in [3.8, 4) is 0 Å². The van der Waals surface area contributed by atoms with Crippen molar-refractivity contribution in [1.82, 2.24) is 10.2 Å². The van der Waals surface area contributed by atoms with Crippen LogP contribution in [0.3, 0.4) is 0 Å². The maximum absolute atomic E-state index is 13.1. The fourth-order valence-corrected chi connectivity index (χ4v) is 3.95. The summed E-state index contributed by atoms with van der Waals surface area (Å²) in [6.45, 7) is 11.6. The van der Waals surface area contributed by atoms with E-state index >= 15 is 0 Å². The fourth-order valence-electron chi connectivity index (χ4n) is 3.95. The molecule has 0 unspecified atom stereocenters. The number of rotatable bonds is 11. The smallest absolute Gasteiger partial charge is 0.263 e. The zero-order chi connectivity index (χ0) is 25.2. The number of aryl methyl sites for hydroxylation is 1. The van der Waals surface area contributed by atoms with Crippen molar-refractivity contribution in [2.45, 2.75) is 26.2 Å². The lowest BCUT2D eigenvalue weighted by atomic mass is 10.0. The summed E-state index contributed by atoms with van der Waals surface area (Å²) in [5.74, 6) is 0. The van der Waals surface area contributed by atoms with Gasteiger partial charge < -0.3 is 20.9 Å². The molecule has 1 aliphatic heterocycles. The first-order valence-corrected chi connectivity index (χ1v) is 11.5. The van der Waals surface area contributed by atoms with E-state index in [0.29, 0.717) is 23.5 Å². The largest absolute Gasteiger partial charge is 0.384 e. The van der Waals surface area contributed by atoms with Gasteiger partial charge in [0.2, 0.25) is 0 Å². The molecule has 35 heavy (non-hydrogen) atoms. The highest BCUT2D eigenvalue weighted by Gasteiger charge is 2.16. The molecule has 1 heterocycles. The topological polar surface area (TPSA) is 63.5 Å². The first kappa shape index (κ1) is 25.7. The molecule has 5 nitrogen and oxygen atoms in total. The molecule has 3 rings (SSSR count). The summed E-state index contributed by atoms with van der Waals surface area (Å²) >= 11 is 0. The van der Waals surface area contributed by atoms with Crippen LogP contribution in [0.25, 0.3) is 5.70 Å². The quantitative estimate of drug-likeness (QED) is 0.265. The number of nitrogens with zero attached hydrogens (tertiary/aromatic N) is 2. The van der Waals surface area contributed by atoms with Crippen molar-refractivity contribution in [2.75, 3.05) is 25.0 Å². The minimum atomic E-state index is -2.55. The molecule has 0 atom stereocenters. The summed E-state index contributed by atoms with van der Waals surface area (Å²) in [7, 11) is 0. The molecule has 0 aliphatic carbocycles. The number of alkyl halides is 2. The lowest BCUT2D eigenvalue weighted by Gasteiger charge is -2.22. The van der Waals surface area contributed by atoms with E-state index in [0.717, 1.165) is 48.4 Å². The van der Waals surface area contributed by atoms with Gasteiger partial charge in [-0.3, -0.25) is 4.99 Å². The number of aliphatic imine (C=N–C) groups is 1. The minimum Gasteiger partial charge on any atom is -0.384 e. The second-order valence-corrected chi connectivity index (χ2v) is 8.26. The lowest BCUT2D eigenvalue weighted by molar-refractivity contribution is 0.151. The molecule has 3 N–H and O–H groups in total. The van der Waals surface area contributed by atoms with Crippen molar-refractivity contribution in [3.05, 3.63) is 101 Å². The first-order valence-electron chi connectivity index (χ1n) is 11.5. The van der Waals surface area contributed by atoms with Crippen molar-refractivity contribution in [1.29, 1.82) is 5.41 Å². The van der Waals surface area contributed by atoms with Gasteiger partial charge in [0.1, 0.15) is 0 Å². The molecule has 7 heteroatoms. The van der Waals surface area contributed by atoms with Crippen LogP contribution in [0.2, 0.25) is 0 Å². The molecule has 0 bridgehead atoms. The Hall–Kier alpha value is -3.96. The van der Waals surface area contributed by atoms with Gasteiger partial charge in [-0.1, -0.05) is 30.8 Å². The Morgan fingerprint density at radius 3 is 2.69 bits per heavy atom. The van der Waals surface area contributed by atoms with Crippen LogP contribution in [0.5, 0.6) is 0 Å². The van der Waals surface area contributed by atoms with Gasteiger partial charge in [-0.15, -0.1) is 5.73 Å². The minimum absolute atomic E-state index is 0.0599. The van der Waals surface area contributed by atoms with Crippen LogP contribution in [-0.4, -0.2) is 37.0 Å². The summed E-state index contributed by atoms with van der Waals surface area (Å²) in [5.41, 5.74) is 7.70. The van der Waals surface area contributed by atoms with E-state index in [2.05, 4.69) is 39.6 Å². The molecule has 1 aliphatic rings. The third-order valence-electron chi connectivity index (χ3n) is 5.81. The number of allylic oxidation sites excluding steroid dienone is 1. The second kappa shape index (κ2) is 12.5. The highest BCUT2D eigenvalue weighted by molar-refractivity contribution is 6.08. The van der Waals surface area contributed by atoms with Gasteiger partial charge in [-0.2, -0.15) is 0 Å². The van der Waals surface area contributed by atoms with Crippen molar-refractivity contribution in [3.63, 3.8) is 0 Å². The van der Waals surface area contributed by atoms with E-state index in [1.807, 2.05) is 31.2 Å². The summed E-state index contributed by atoms with van der Waals surface area (Å²) in [6, 6.07) is 11.9. The van der Waals surface area contributed by atoms with E-state index < -0.39 is 6.43 Å². The Morgan fingerprint density at radius 1 is 1.23 bits per heavy atom. The summed E-state index contributed by atoms with van der Waals surface area (Å²) in [4.78, 5) is 6.00. The Kier molecular flexibility index (Phi) is 9.16. The van der Waals surface area contributed by atoms with Crippen molar-refractivity contribution < 1.29 is 8.78 Å². The van der Waals surface area contributed by atoms with E-state index in [-0.39, 0.29) is 5.56 Å². The number of benzene rings is 2. The molecule has 0 radical (unpaired) electrons. The highest BCUT2D eigenvalue weighted by Crippen LogP contribution is 2.25. The number of anilines is 1. The zero-order valence-electron chi connectivity index (χ0n) is 20.0. The zero-order valence-corrected chi connectivity index (χ0v) is 20.0. The van der Waals surface area contributed by atoms with E-state index in [1.165, 1.54) is 12.1 Å². The van der Waals surface area contributed by atoms with E-state index in [4.69, 9.17) is 5.41 Å². The van der Waals surface area contributed by atoms with Crippen LogP contribution in [0.1, 0.15) is 41.5 Å². The first-order chi connectivity index (χ1) is 16.9. The summed E-state index contributed by atoms with van der Waals surface area (Å²) in [5, 5.41) is 15.2. The van der Waals surface area contributed by atoms with Crippen molar-refractivity contribution in [2.24, 2.45) is 4.99 Å². The molecular weight excluding hydrogens is 444 g/mol. The third kappa shape index (κ3) is 7.01.